The summed E-state index contributed by atoms with van der Waals surface area (Å²) in [6.07, 6.45) is 2.75. The number of hydrogen-bond acceptors (Lipinski definition) is 2. The van der Waals surface area contributed by atoms with E-state index in [4.69, 9.17) is 16.3 Å². The van der Waals surface area contributed by atoms with Crippen molar-refractivity contribution < 1.29 is 4.74 Å². The first-order valence-corrected chi connectivity index (χ1v) is 6.03. The molecule has 0 amide bonds. The number of benzene rings is 1. The molecule has 3 heteroatoms. The third-order valence-electron chi connectivity index (χ3n) is 2.39. The molecule has 0 aliphatic rings. The fourth-order valence-corrected chi connectivity index (χ4v) is 1.69. The molecule has 0 N–H and O–H groups in total. The van der Waals surface area contributed by atoms with Gasteiger partial charge in [-0.05, 0) is 24.6 Å². The largest absolute Gasteiger partial charge is 0.493 e. The Balaban J connectivity index is 2.33. The average molecular weight is 248 g/mol. The van der Waals surface area contributed by atoms with Crippen LogP contribution >= 0.6 is 11.6 Å². The Morgan fingerprint density at radius 3 is 2.71 bits per heavy atom. The molecule has 0 bridgehead atoms. The molecule has 0 spiro atoms. The number of para-hydroxylation sites is 1. The summed E-state index contributed by atoms with van der Waals surface area (Å²) < 4.78 is 5.71. The van der Waals surface area contributed by atoms with Crippen LogP contribution in [0.15, 0.2) is 42.6 Å². The van der Waals surface area contributed by atoms with Crippen molar-refractivity contribution in [2.24, 2.45) is 0 Å². The maximum Gasteiger partial charge on any atom is 0.129 e. The zero-order chi connectivity index (χ0) is 12.1. The molecule has 1 heterocycles. The van der Waals surface area contributed by atoms with Gasteiger partial charge < -0.3 is 4.74 Å². The van der Waals surface area contributed by atoms with Crippen molar-refractivity contribution in [1.82, 2.24) is 4.98 Å². The van der Waals surface area contributed by atoms with Gasteiger partial charge in [-0.1, -0.05) is 36.7 Å². The lowest BCUT2D eigenvalue weighted by atomic mass is 10.1. The topological polar surface area (TPSA) is 22.1 Å². The maximum absolute atomic E-state index is 5.78. The van der Waals surface area contributed by atoms with E-state index in [0.717, 1.165) is 29.9 Å². The van der Waals surface area contributed by atoms with Crippen molar-refractivity contribution in [3.8, 4) is 16.9 Å². The zero-order valence-corrected chi connectivity index (χ0v) is 10.4. The third-order valence-corrected chi connectivity index (χ3v) is 2.61. The van der Waals surface area contributed by atoms with Crippen molar-refractivity contribution >= 4 is 11.6 Å². The molecule has 0 unspecified atom stereocenters. The number of rotatable bonds is 4. The second-order valence-electron chi connectivity index (χ2n) is 3.71. The number of halogens is 1. The van der Waals surface area contributed by atoms with Gasteiger partial charge in [0.05, 0.1) is 6.61 Å². The molecule has 0 fully saturated rings. The summed E-state index contributed by atoms with van der Waals surface area (Å²) in [4.78, 5) is 4.09. The van der Waals surface area contributed by atoms with Gasteiger partial charge >= 0.3 is 0 Å². The van der Waals surface area contributed by atoms with Crippen LogP contribution in [0.25, 0.3) is 11.1 Å². The molecule has 0 saturated carbocycles. The van der Waals surface area contributed by atoms with E-state index in [9.17, 15) is 0 Å². The van der Waals surface area contributed by atoms with E-state index in [2.05, 4.69) is 11.9 Å². The van der Waals surface area contributed by atoms with Crippen LogP contribution in [0.1, 0.15) is 13.3 Å². The van der Waals surface area contributed by atoms with Crippen LogP contribution in [0.5, 0.6) is 5.75 Å². The van der Waals surface area contributed by atoms with E-state index in [-0.39, 0.29) is 0 Å². The summed E-state index contributed by atoms with van der Waals surface area (Å²) in [7, 11) is 0. The van der Waals surface area contributed by atoms with Crippen LogP contribution in [-0.4, -0.2) is 11.6 Å². The summed E-state index contributed by atoms with van der Waals surface area (Å²) in [6.45, 7) is 2.81. The molecule has 17 heavy (non-hydrogen) atoms. The van der Waals surface area contributed by atoms with Crippen molar-refractivity contribution in [2.75, 3.05) is 6.61 Å². The van der Waals surface area contributed by atoms with Crippen LogP contribution in [-0.2, 0) is 0 Å². The predicted molar refractivity (Wildman–Crippen MR) is 70.5 cm³/mol. The van der Waals surface area contributed by atoms with Gasteiger partial charge in [0.25, 0.3) is 0 Å². The Hall–Kier alpha value is -1.54. The first kappa shape index (κ1) is 11.9. The third kappa shape index (κ3) is 2.98. The molecule has 2 rings (SSSR count). The number of hydrogen-bond donors (Lipinski definition) is 0. The van der Waals surface area contributed by atoms with Gasteiger partial charge in [0.15, 0.2) is 0 Å². The van der Waals surface area contributed by atoms with Gasteiger partial charge in [-0.2, -0.15) is 0 Å². The van der Waals surface area contributed by atoms with Crippen molar-refractivity contribution in [3.63, 3.8) is 0 Å². The molecule has 0 saturated heterocycles. The van der Waals surface area contributed by atoms with E-state index in [1.54, 1.807) is 12.3 Å². The second kappa shape index (κ2) is 5.69. The zero-order valence-electron chi connectivity index (χ0n) is 9.69. The van der Waals surface area contributed by atoms with Gasteiger partial charge in [0.2, 0.25) is 0 Å². The Morgan fingerprint density at radius 2 is 2.00 bits per heavy atom. The van der Waals surface area contributed by atoms with E-state index < -0.39 is 0 Å². The quantitative estimate of drug-likeness (QED) is 0.756. The fraction of sp³-hybridized carbons (Fsp3) is 0.214. The Bertz CT molecular complexity index is 482. The second-order valence-corrected chi connectivity index (χ2v) is 4.10. The molecule has 0 aliphatic carbocycles. The Morgan fingerprint density at radius 1 is 1.18 bits per heavy atom. The summed E-state index contributed by atoms with van der Waals surface area (Å²) in [5, 5.41) is 0.501. The highest BCUT2D eigenvalue weighted by molar-refractivity contribution is 6.29. The van der Waals surface area contributed by atoms with Gasteiger partial charge in [-0.25, -0.2) is 4.98 Å². The lowest BCUT2D eigenvalue weighted by Gasteiger charge is -2.10. The number of aromatic nitrogens is 1. The van der Waals surface area contributed by atoms with Crippen LogP contribution in [0.3, 0.4) is 0 Å². The predicted octanol–water partition coefficient (Wildman–Crippen LogP) is 4.19. The van der Waals surface area contributed by atoms with E-state index >= 15 is 0 Å². The van der Waals surface area contributed by atoms with Crippen LogP contribution in [0.4, 0.5) is 0 Å². The summed E-state index contributed by atoms with van der Waals surface area (Å²) >= 11 is 5.78. The standard InChI is InChI=1S/C14H14ClNO/c1-2-9-17-13-6-4-3-5-12(13)11-7-8-14(15)16-10-11/h3-8,10H,2,9H2,1H3. The first-order valence-electron chi connectivity index (χ1n) is 5.65. The fourth-order valence-electron chi connectivity index (χ4n) is 1.58. The summed E-state index contributed by atoms with van der Waals surface area (Å²) in [6, 6.07) is 11.7. The lowest BCUT2D eigenvalue weighted by Crippen LogP contribution is -1.96. The number of nitrogens with zero attached hydrogens (tertiary/aromatic N) is 1. The van der Waals surface area contributed by atoms with Crippen LogP contribution in [0, 0.1) is 0 Å². The van der Waals surface area contributed by atoms with Gasteiger partial charge in [0.1, 0.15) is 10.9 Å². The molecule has 0 atom stereocenters. The molecule has 88 valence electrons. The minimum absolute atomic E-state index is 0.501. The minimum Gasteiger partial charge on any atom is -0.493 e. The van der Waals surface area contributed by atoms with Gasteiger partial charge in [-0.3, -0.25) is 0 Å². The highest BCUT2D eigenvalue weighted by Crippen LogP contribution is 2.29. The minimum atomic E-state index is 0.501. The van der Waals surface area contributed by atoms with Gasteiger partial charge in [0, 0.05) is 17.3 Å². The SMILES string of the molecule is CCCOc1ccccc1-c1ccc(Cl)nc1. The molecular weight excluding hydrogens is 234 g/mol. The molecule has 0 aliphatic heterocycles. The summed E-state index contributed by atoms with van der Waals surface area (Å²) in [5.74, 6) is 0.887. The Kier molecular flexibility index (Phi) is 3.99. The number of pyridine rings is 1. The van der Waals surface area contributed by atoms with E-state index in [0.29, 0.717) is 5.15 Å². The highest BCUT2D eigenvalue weighted by atomic mass is 35.5. The Labute approximate surface area is 106 Å². The van der Waals surface area contributed by atoms with Gasteiger partial charge in [-0.15, -0.1) is 0 Å². The lowest BCUT2D eigenvalue weighted by molar-refractivity contribution is 0.318. The molecule has 2 nitrogen and oxygen atoms in total. The number of ether oxygens (including phenoxy) is 1. The smallest absolute Gasteiger partial charge is 0.129 e. The van der Waals surface area contributed by atoms with Crippen LogP contribution in [0.2, 0.25) is 5.15 Å². The monoisotopic (exact) mass is 247 g/mol. The summed E-state index contributed by atoms with van der Waals surface area (Å²) in [5.41, 5.74) is 2.06. The van der Waals surface area contributed by atoms with E-state index in [1.807, 2.05) is 30.3 Å². The van der Waals surface area contributed by atoms with Crippen LogP contribution < -0.4 is 4.74 Å². The molecule has 2 aromatic rings. The maximum atomic E-state index is 5.78. The molecule has 0 radical (unpaired) electrons. The van der Waals surface area contributed by atoms with Crippen molar-refractivity contribution in [2.45, 2.75) is 13.3 Å². The highest BCUT2D eigenvalue weighted by Gasteiger charge is 2.05. The average Bonchev–Trinajstić information content (AvgIpc) is 2.38. The van der Waals surface area contributed by atoms with Crippen molar-refractivity contribution in [1.29, 1.82) is 0 Å². The van der Waals surface area contributed by atoms with Crippen molar-refractivity contribution in [3.05, 3.63) is 47.7 Å². The normalized spacial score (nSPS) is 10.2. The molecular formula is C14H14ClNO. The molecule has 1 aromatic carbocycles. The van der Waals surface area contributed by atoms with E-state index in [1.165, 1.54) is 0 Å². The first-order chi connectivity index (χ1) is 8.31. The molecule has 1 aromatic heterocycles.